The van der Waals surface area contributed by atoms with Crippen molar-refractivity contribution in [3.8, 4) is 0 Å². The molecular weight excluding hydrogens is 310 g/mol. The van der Waals surface area contributed by atoms with E-state index in [0.29, 0.717) is 6.54 Å². The van der Waals surface area contributed by atoms with Gasteiger partial charge in [0.2, 0.25) is 0 Å². The molecule has 2 N–H and O–H groups in total. The van der Waals surface area contributed by atoms with Gasteiger partial charge in [0.05, 0.1) is 11.3 Å². The molecule has 0 saturated carbocycles. The Bertz CT molecular complexity index is 300. The molecule has 0 aliphatic heterocycles. The first-order valence-electron chi connectivity index (χ1n) is 4.30. The van der Waals surface area contributed by atoms with Crippen LogP contribution in [0.2, 0.25) is 0 Å². The maximum Gasteiger partial charge on any atom is 0.0763 e. The SMILES string of the molecule is CC(C)(O)CNc1c(Br)cccc1Br. The first-order chi connectivity index (χ1) is 6.40. The van der Waals surface area contributed by atoms with Crippen LogP contribution in [0.15, 0.2) is 27.1 Å². The lowest BCUT2D eigenvalue weighted by Crippen LogP contribution is -2.29. The summed E-state index contributed by atoms with van der Waals surface area (Å²) >= 11 is 6.88. The van der Waals surface area contributed by atoms with Crippen molar-refractivity contribution in [1.29, 1.82) is 0 Å². The van der Waals surface area contributed by atoms with Gasteiger partial charge in [0.1, 0.15) is 0 Å². The van der Waals surface area contributed by atoms with Gasteiger partial charge in [-0.1, -0.05) is 6.07 Å². The molecule has 0 radical (unpaired) electrons. The molecular formula is C10H13Br2NO. The monoisotopic (exact) mass is 321 g/mol. The van der Waals surface area contributed by atoms with Crippen LogP contribution in [-0.4, -0.2) is 17.3 Å². The molecule has 0 atom stereocenters. The highest BCUT2D eigenvalue weighted by molar-refractivity contribution is 9.11. The second kappa shape index (κ2) is 4.64. The predicted molar refractivity (Wildman–Crippen MR) is 66.6 cm³/mol. The van der Waals surface area contributed by atoms with Crippen LogP contribution in [0.25, 0.3) is 0 Å². The zero-order valence-electron chi connectivity index (χ0n) is 8.14. The van der Waals surface area contributed by atoms with Crippen LogP contribution in [0.1, 0.15) is 13.8 Å². The largest absolute Gasteiger partial charge is 0.389 e. The molecule has 0 unspecified atom stereocenters. The summed E-state index contributed by atoms with van der Waals surface area (Å²) in [6.07, 6.45) is 0. The summed E-state index contributed by atoms with van der Waals surface area (Å²) in [7, 11) is 0. The minimum atomic E-state index is -0.714. The molecule has 78 valence electrons. The number of para-hydroxylation sites is 1. The molecule has 0 fully saturated rings. The van der Waals surface area contributed by atoms with E-state index in [1.165, 1.54) is 0 Å². The van der Waals surface area contributed by atoms with Crippen molar-refractivity contribution < 1.29 is 5.11 Å². The van der Waals surface area contributed by atoms with E-state index < -0.39 is 5.60 Å². The van der Waals surface area contributed by atoms with Gasteiger partial charge < -0.3 is 10.4 Å². The Hall–Kier alpha value is -0.0600. The molecule has 2 nitrogen and oxygen atoms in total. The molecule has 14 heavy (non-hydrogen) atoms. The minimum Gasteiger partial charge on any atom is -0.389 e. The molecule has 0 amide bonds. The number of nitrogens with one attached hydrogen (secondary N) is 1. The van der Waals surface area contributed by atoms with E-state index in [4.69, 9.17) is 0 Å². The third-order valence-corrected chi connectivity index (χ3v) is 2.98. The van der Waals surface area contributed by atoms with E-state index in [1.807, 2.05) is 18.2 Å². The molecule has 1 aromatic rings. The first-order valence-corrected chi connectivity index (χ1v) is 5.89. The average molecular weight is 323 g/mol. The summed E-state index contributed by atoms with van der Waals surface area (Å²) in [5.74, 6) is 0. The summed E-state index contributed by atoms with van der Waals surface area (Å²) < 4.78 is 1.97. The van der Waals surface area contributed by atoms with Crippen LogP contribution in [0.5, 0.6) is 0 Å². The van der Waals surface area contributed by atoms with Gasteiger partial charge in [0, 0.05) is 15.5 Å². The van der Waals surface area contributed by atoms with Crippen LogP contribution in [0.4, 0.5) is 5.69 Å². The van der Waals surface area contributed by atoms with E-state index in [2.05, 4.69) is 37.2 Å². The third kappa shape index (κ3) is 3.59. The maximum absolute atomic E-state index is 9.57. The van der Waals surface area contributed by atoms with Crippen LogP contribution in [0.3, 0.4) is 0 Å². The molecule has 0 aliphatic carbocycles. The normalized spacial score (nSPS) is 11.5. The average Bonchev–Trinajstić information content (AvgIpc) is 2.01. The first kappa shape index (κ1) is 12.0. The number of hydrogen-bond donors (Lipinski definition) is 2. The van der Waals surface area contributed by atoms with E-state index >= 15 is 0 Å². The smallest absolute Gasteiger partial charge is 0.0763 e. The van der Waals surface area contributed by atoms with Crippen LogP contribution < -0.4 is 5.32 Å². The maximum atomic E-state index is 9.57. The quantitative estimate of drug-likeness (QED) is 0.894. The Balaban J connectivity index is 2.77. The Morgan fingerprint density at radius 2 is 1.79 bits per heavy atom. The topological polar surface area (TPSA) is 32.3 Å². The molecule has 0 bridgehead atoms. The number of halogens is 2. The van der Waals surface area contributed by atoms with Gasteiger partial charge in [0.15, 0.2) is 0 Å². The van der Waals surface area contributed by atoms with E-state index in [0.717, 1.165) is 14.6 Å². The lowest BCUT2D eigenvalue weighted by Gasteiger charge is -2.19. The van der Waals surface area contributed by atoms with Gasteiger partial charge in [-0.05, 0) is 57.8 Å². The van der Waals surface area contributed by atoms with E-state index in [9.17, 15) is 5.11 Å². The van der Waals surface area contributed by atoms with Crippen molar-refractivity contribution in [2.75, 3.05) is 11.9 Å². The highest BCUT2D eigenvalue weighted by Crippen LogP contribution is 2.30. The second-order valence-electron chi connectivity index (χ2n) is 3.76. The van der Waals surface area contributed by atoms with Crippen molar-refractivity contribution in [3.05, 3.63) is 27.1 Å². The van der Waals surface area contributed by atoms with Gasteiger partial charge in [-0.2, -0.15) is 0 Å². The molecule has 0 heterocycles. The van der Waals surface area contributed by atoms with Crippen molar-refractivity contribution in [1.82, 2.24) is 0 Å². The molecule has 0 aliphatic rings. The van der Waals surface area contributed by atoms with Crippen molar-refractivity contribution >= 4 is 37.5 Å². The summed E-state index contributed by atoms with van der Waals surface area (Å²) in [5, 5.41) is 12.7. The second-order valence-corrected chi connectivity index (χ2v) is 5.47. The summed E-state index contributed by atoms with van der Waals surface area (Å²) in [4.78, 5) is 0. The number of rotatable bonds is 3. The number of aliphatic hydroxyl groups is 1. The Kier molecular flexibility index (Phi) is 3.98. The number of anilines is 1. The number of hydrogen-bond acceptors (Lipinski definition) is 2. The van der Waals surface area contributed by atoms with Crippen molar-refractivity contribution in [2.45, 2.75) is 19.4 Å². The van der Waals surface area contributed by atoms with Gasteiger partial charge in [-0.15, -0.1) is 0 Å². The Labute approximate surface area is 101 Å². The fourth-order valence-electron chi connectivity index (χ4n) is 0.971. The highest BCUT2D eigenvalue weighted by atomic mass is 79.9. The molecule has 1 aromatic carbocycles. The van der Waals surface area contributed by atoms with Gasteiger partial charge in [0.25, 0.3) is 0 Å². The summed E-state index contributed by atoms with van der Waals surface area (Å²) in [6, 6.07) is 5.86. The molecule has 0 aromatic heterocycles. The summed E-state index contributed by atoms with van der Waals surface area (Å²) in [5.41, 5.74) is 0.254. The Morgan fingerprint density at radius 1 is 1.29 bits per heavy atom. The number of benzene rings is 1. The highest BCUT2D eigenvalue weighted by Gasteiger charge is 2.13. The lowest BCUT2D eigenvalue weighted by atomic mass is 10.1. The molecule has 0 saturated heterocycles. The lowest BCUT2D eigenvalue weighted by molar-refractivity contribution is 0.0945. The van der Waals surface area contributed by atoms with Crippen LogP contribution >= 0.6 is 31.9 Å². The zero-order chi connectivity index (χ0) is 10.8. The van der Waals surface area contributed by atoms with Gasteiger partial charge in [-0.3, -0.25) is 0 Å². The van der Waals surface area contributed by atoms with Crippen LogP contribution in [-0.2, 0) is 0 Å². The van der Waals surface area contributed by atoms with Gasteiger partial charge in [-0.25, -0.2) is 0 Å². The zero-order valence-corrected chi connectivity index (χ0v) is 11.3. The molecule has 4 heteroatoms. The minimum absolute atomic E-state index is 0.508. The van der Waals surface area contributed by atoms with Crippen molar-refractivity contribution in [3.63, 3.8) is 0 Å². The van der Waals surface area contributed by atoms with E-state index in [1.54, 1.807) is 13.8 Å². The standard InChI is InChI=1S/C10H13Br2NO/c1-10(2,14)6-13-9-7(11)4-3-5-8(9)12/h3-5,13-14H,6H2,1-2H3. The molecule has 0 spiro atoms. The molecule has 1 rings (SSSR count). The Morgan fingerprint density at radius 3 is 2.21 bits per heavy atom. The van der Waals surface area contributed by atoms with Gasteiger partial charge >= 0.3 is 0 Å². The summed E-state index contributed by atoms with van der Waals surface area (Å²) in [6.45, 7) is 4.05. The fourth-order valence-corrected chi connectivity index (χ4v) is 2.25. The fraction of sp³-hybridized carbons (Fsp3) is 0.400. The van der Waals surface area contributed by atoms with E-state index in [-0.39, 0.29) is 0 Å². The van der Waals surface area contributed by atoms with Crippen molar-refractivity contribution in [2.24, 2.45) is 0 Å². The predicted octanol–water partition coefficient (Wildman–Crippen LogP) is 3.39. The third-order valence-electron chi connectivity index (χ3n) is 1.66. The van der Waals surface area contributed by atoms with Crippen LogP contribution in [0, 0.1) is 0 Å².